The predicted molar refractivity (Wildman–Crippen MR) is 190 cm³/mol. The van der Waals surface area contributed by atoms with Gasteiger partial charge in [0.05, 0.1) is 0 Å². The average molecular weight is 617 g/mol. The molecule has 0 saturated heterocycles. The van der Waals surface area contributed by atoms with Crippen molar-refractivity contribution in [3.63, 3.8) is 0 Å². The maximum atomic E-state index is 12.6. The van der Waals surface area contributed by atoms with Crippen LogP contribution in [0.3, 0.4) is 0 Å². The molecule has 0 bridgehead atoms. The van der Waals surface area contributed by atoms with Crippen LogP contribution in [0.2, 0.25) is 0 Å². The van der Waals surface area contributed by atoms with Crippen LogP contribution in [0.5, 0.6) is 0 Å². The van der Waals surface area contributed by atoms with E-state index in [-0.39, 0.29) is 18.5 Å². The molecule has 0 aromatic rings. The fourth-order valence-corrected chi connectivity index (χ4v) is 5.61. The Hall–Kier alpha value is -1.84. The average Bonchev–Trinajstić information content (AvgIpc) is 3.01. The van der Waals surface area contributed by atoms with E-state index in [0.717, 1.165) is 77.0 Å². The summed E-state index contributed by atoms with van der Waals surface area (Å²) in [7, 11) is 0. The van der Waals surface area contributed by atoms with Gasteiger partial charge in [0.2, 0.25) is 0 Å². The van der Waals surface area contributed by atoms with E-state index in [1.165, 1.54) is 96.3 Å². The van der Waals surface area contributed by atoms with Crippen molar-refractivity contribution in [1.29, 1.82) is 0 Å². The third-order valence-electron chi connectivity index (χ3n) is 8.38. The number of ether oxygens (including phenoxy) is 1. The molecule has 1 atom stereocenters. The molecule has 0 rings (SSSR count). The highest BCUT2D eigenvalue weighted by Gasteiger charge is 2.14. The lowest BCUT2D eigenvalue weighted by Crippen LogP contribution is -2.18. The Morgan fingerprint density at radius 2 is 0.955 bits per heavy atom. The summed E-state index contributed by atoms with van der Waals surface area (Å²) in [6.07, 6.45) is 45.8. The number of carbonyl (C=O) groups excluding carboxylic acids is 1. The van der Waals surface area contributed by atoms with Crippen LogP contribution in [0.1, 0.15) is 200 Å². The number of hydrogen-bond acceptors (Lipinski definition) is 3. The van der Waals surface area contributed by atoms with E-state index >= 15 is 0 Å². The summed E-state index contributed by atoms with van der Waals surface area (Å²) in [6.45, 7) is 4.43. The number of allylic oxidation sites excluding steroid dienone is 6. The second-order valence-corrected chi connectivity index (χ2v) is 12.7. The van der Waals surface area contributed by atoms with Crippen LogP contribution in [-0.2, 0) is 14.3 Å². The zero-order valence-corrected chi connectivity index (χ0v) is 29.2. The summed E-state index contributed by atoms with van der Waals surface area (Å²) >= 11 is 0. The SMILES string of the molecule is CC/C=C\C/C=C\C/C=C\CCCCCCCCCC(=O)OC(CCCCCCCCCCCC)CCCCCCC(=O)O. The Morgan fingerprint density at radius 3 is 1.48 bits per heavy atom. The topological polar surface area (TPSA) is 63.6 Å². The van der Waals surface area contributed by atoms with E-state index in [1.807, 2.05) is 0 Å². The third kappa shape index (κ3) is 34.6. The molecule has 4 heteroatoms. The molecule has 0 spiro atoms. The van der Waals surface area contributed by atoms with Gasteiger partial charge in [0.25, 0.3) is 0 Å². The Morgan fingerprint density at radius 1 is 0.523 bits per heavy atom. The summed E-state index contributed by atoms with van der Waals surface area (Å²) in [4.78, 5) is 23.3. The highest BCUT2D eigenvalue weighted by Crippen LogP contribution is 2.19. The van der Waals surface area contributed by atoms with Crippen molar-refractivity contribution < 1.29 is 19.4 Å². The second-order valence-electron chi connectivity index (χ2n) is 12.7. The van der Waals surface area contributed by atoms with Crippen molar-refractivity contribution in [2.24, 2.45) is 0 Å². The van der Waals surface area contributed by atoms with Crippen molar-refractivity contribution in [3.8, 4) is 0 Å². The molecule has 4 nitrogen and oxygen atoms in total. The monoisotopic (exact) mass is 617 g/mol. The molecule has 0 heterocycles. The fraction of sp³-hybridized carbons (Fsp3) is 0.800. The molecule has 0 radical (unpaired) electrons. The molecule has 0 aliphatic rings. The Kier molecular flexibility index (Phi) is 34.1. The molecule has 44 heavy (non-hydrogen) atoms. The van der Waals surface area contributed by atoms with Gasteiger partial charge in [0.15, 0.2) is 0 Å². The Bertz CT molecular complexity index is 708. The van der Waals surface area contributed by atoms with E-state index in [1.54, 1.807) is 0 Å². The molecule has 0 aliphatic carbocycles. The van der Waals surface area contributed by atoms with Crippen LogP contribution >= 0.6 is 0 Å². The maximum Gasteiger partial charge on any atom is 0.306 e. The number of carboxylic acids is 1. The van der Waals surface area contributed by atoms with Gasteiger partial charge in [-0.25, -0.2) is 0 Å². The maximum absolute atomic E-state index is 12.6. The van der Waals surface area contributed by atoms with Crippen LogP contribution < -0.4 is 0 Å². The van der Waals surface area contributed by atoms with Crippen molar-refractivity contribution in [1.82, 2.24) is 0 Å². The number of rotatable bonds is 34. The van der Waals surface area contributed by atoms with Crippen molar-refractivity contribution in [2.45, 2.75) is 206 Å². The van der Waals surface area contributed by atoms with Crippen LogP contribution in [0.25, 0.3) is 0 Å². The minimum Gasteiger partial charge on any atom is -0.481 e. The van der Waals surface area contributed by atoms with Gasteiger partial charge in [-0.2, -0.15) is 0 Å². The lowest BCUT2D eigenvalue weighted by molar-refractivity contribution is -0.150. The van der Waals surface area contributed by atoms with E-state index in [2.05, 4.69) is 50.3 Å². The van der Waals surface area contributed by atoms with E-state index in [0.29, 0.717) is 6.42 Å². The van der Waals surface area contributed by atoms with Crippen LogP contribution in [-0.4, -0.2) is 23.1 Å². The van der Waals surface area contributed by atoms with Crippen molar-refractivity contribution in [3.05, 3.63) is 36.5 Å². The molecule has 0 aromatic heterocycles. The molecule has 0 aliphatic heterocycles. The third-order valence-corrected chi connectivity index (χ3v) is 8.38. The Balaban J connectivity index is 3.97. The number of carboxylic acid groups (broad SMARTS) is 1. The fourth-order valence-electron chi connectivity index (χ4n) is 5.61. The lowest BCUT2D eigenvalue weighted by atomic mass is 10.0. The molecule has 0 aromatic carbocycles. The number of hydrogen-bond donors (Lipinski definition) is 1. The highest BCUT2D eigenvalue weighted by atomic mass is 16.5. The summed E-state index contributed by atoms with van der Waals surface area (Å²) in [5.74, 6) is -0.733. The molecular formula is C40H72O4. The standard InChI is InChI=1S/C40H72O4/c1-3-5-7-9-11-13-15-16-17-18-19-20-21-23-25-27-33-37-40(43)44-38(35-31-28-29-32-36-39(41)42)34-30-26-24-22-14-12-10-8-6-4-2/h5,7,11,13,16-17,38H,3-4,6,8-10,12,14-15,18-37H2,1-2H3,(H,41,42)/b7-5-,13-11-,17-16-. The molecule has 0 saturated carbocycles. The van der Waals surface area contributed by atoms with Crippen LogP contribution in [0, 0.1) is 0 Å². The number of aliphatic carboxylic acids is 1. The molecular weight excluding hydrogens is 544 g/mol. The summed E-state index contributed by atoms with van der Waals surface area (Å²) < 4.78 is 5.96. The molecule has 1 unspecified atom stereocenters. The second kappa shape index (κ2) is 35.6. The van der Waals surface area contributed by atoms with E-state index in [4.69, 9.17) is 9.84 Å². The van der Waals surface area contributed by atoms with Crippen molar-refractivity contribution >= 4 is 11.9 Å². The number of unbranched alkanes of at least 4 members (excludes halogenated alkanes) is 19. The van der Waals surface area contributed by atoms with Gasteiger partial charge in [0, 0.05) is 12.8 Å². The van der Waals surface area contributed by atoms with Gasteiger partial charge in [-0.05, 0) is 70.6 Å². The quantitative estimate of drug-likeness (QED) is 0.0444. The van der Waals surface area contributed by atoms with Crippen molar-refractivity contribution in [2.75, 3.05) is 0 Å². The first kappa shape index (κ1) is 42.2. The predicted octanol–water partition coefficient (Wildman–Crippen LogP) is 13.0. The molecule has 0 fully saturated rings. The zero-order valence-electron chi connectivity index (χ0n) is 29.2. The normalized spacial score (nSPS) is 12.6. The Labute approximate surface area is 273 Å². The molecule has 0 amide bonds. The van der Waals surface area contributed by atoms with Gasteiger partial charge in [-0.3, -0.25) is 9.59 Å². The van der Waals surface area contributed by atoms with E-state index < -0.39 is 5.97 Å². The van der Waals surface area contributed by atoms with Gasteiger partial charge >= 0.3 is 11.9 Å². The summed E-state index contributed by atoms with van der Waals surface area (Å²) in [5, 5.41) is 8.83. The first-order valence-electron chi connectivity index (χ1n) is 19.0. The first-order chi connectivity index (χ1) is 21.6. The van der Waals surface area contributed by atoms with Gasteiger partial charge in [0.1, 0.15) is 6.10 Å². The largest absolute Gasteiger partial charge is 0.481 e. The molecule has 256 valence electrons. The smallest absolute Gasteiger partial charge is 0.306 e. The van der Waals surface area contributed by atoms with E-state index in [9.17, 15) is 9.59 Å². The van der Waals surface area contributed by atoms with Gasteiger partial charge in [-0.1, -0.05) is 153 Å². The lowest BCUT2D eigenvalue weighted by Gasteiger charge is -2.18. The minimum absolute atomic E-state index is 0.0213. The number of esters is 1. The summed E-state index contributed by atoms with van der Waals surface area (Å²) in [6, 6.07) is 0. The molecule has 1 N–H and O–H groups in total. The number of carbonyl (C=O) groups is 2. The highest BCUT2D eigenvalue weighted by molar-refractivity contribution is 5.69. The van der Waals surface area contributed by atoms with Crippen LogP contribution in [0.4, 0.5) is 0 Å². The summed E-state index contributed by atoms with van der Waals surface area (Å²) in [5.41, 5.74) is 0. The zero-order chi connectivity index (χ0) is 32.2. The van der Waals surface area contributed by atoms with Crippen LogP contribution in [0.15, 0.2) is 36.5 Å². The minimum atomic E-state index is -0.712. The van der Waals surface area contributed by atoms with Gasteiger partial charge in [-0.15, -0.1) is 0 Å². The van der Waals surface area contributed by atoms with Gasteiger partial charge < -0.3 is 9.84 Å². The first-order valence-corrected chi connectivity index (χ1v) is 19.0.